The third-order valence-corrected chi connectivity index (χ3v) is 4.04. The summed E-state index contributed by atoms with van der Waals surface area (Å²) in [6.45, 7) is 3.07. The normalized spacial score (nSPS) is 28.0. The lowest BCUT2D eigenvalue weighted by Crippen LogP contribution is -2.37. The zero-order chi connectivity index (χ0) is 14.3. The minimum absolute atomic E-state index is 0.0192. The van der Waals surface area contributed by atoms with Gasteiger partial charge in [0.05, 0.1) is 5.69 Å². The van der Waals surface area contributed by atoms with E-state index in [9.17, 15) is 13.2 Å². The highest BCUT2D eigenvalue weighted by Gasteiger charge is 2.45. The number of ether oxygens (including phenoxy) is 1. The van der Waals surface area contributed by atoms with Gasteiger partial charge in [0, 0.05) is 31.2 Å². The fourth-order valence-corrected chi connectivity index (χ4v) is 2.97. The number of hydrogen-bond donors (Lipinski definition) is 1. The first-order chi connectivity index (χ1) is 9.45. The molecule has 1 aromatic rings. The van der Waals surface area contributed by atoms with Gasteiger partial charge in [-0.2, -0.15) is 18.3 Å². The Bertz CT molecular complexity index is 480. The minimum Gasteiger partial charge on any atom is -0.381 e. The highest BCUT2D eigenvalue weighted by atomic mass is 19.4. The predicted octanol–water partition coefficient (Wildman–Crippen LogP) is 3.08. The molecule has 2 unspecified atom stereocenters. The van der Waals surface area contributed by atoms with Crippen LogP contribution in [0.5, 0.6) is 0 Å². The van der Waals surface area contributed by atoms with Gasteiger partial charge in [0.1, 0.15) is 5.82 Å². The fourth-order valence-electron chi connectivity index (χ4n) is 2.97. The van der Waals surface area contributed by atoms with Crippen LogP contribution in [0, 0.1) is 0 Å². The molecule has 0 spiro atoms. The van der Waals surface area contributed by atoms with Crippen molar-refractivity contribution in [2.45, 2.75) is 50.4 Å². The fraction of sp³-hybridized carbons (Fsp3) is 0.769. The van der Waals surface area contributed by atoms with Gasteiger partial charge < -0.3 is 10.1 Å². The van der Waals surface area contributed by atoms with Crippen LogP contribution in [0.2, 0.25) is 0 Å². The lowest BCUT2D eigenvalue weighted by Gasteiger charge is -2.31. The maximum Gasteiger partial charge on any atom is 0.410 e. The monoisotopic (exact) mass is 289 g/mol. The average molecular weight is 289 g/mol. The third kappa shape index (κ3) is 2.51. The third-order valence-electron chi connectivity index (χ3n) is 4.04. The molecule has 3 rings (SSSR count). The van der Waals surface area contributed by atoms with Crippen LogP contribution in [0.1, 0.15) is 43.8 Å². The summed E-state index contributed by atoms with van der Waals surface area (Å²) in [5.74, 6) is 0.681. The van der Waals surface area contributed by atoms with Gasteiger partial charge in [-0.3, -0.25) is 0 Å². The van der Waals surface area contributed by atoms with E-state index < -0.39 is 12.2 Å². The van der Waals surface area contributed by atoms with Gasteiger partial charge >= 0.3 is 6.18 Å². The lowest BCUT2D eigenvalue weighted by molar-refractivity contribution is -0.173. The number of rotatable bonds is 1. The van der Waals surface area contributed by atoms with Crippen molar-refractivity contribution in [1.82, 2.24) is 9.78 Å². The molecule has 1 saturated heterocycles. The number of halogens is 3. The highest BCUT2D eigenvalue weighted by molar-refractivity contribution is 5.41. The van der Waals surface area contributed by atoms with E-state index in [-0.39, 0.29) is 18.4 Å². The number of alkyl halides is 3. The van der Waals surface area contributed by atoms with Crippen molar-refractivity contribution in [2.75, 3.05) is 18.5 Å². The van der Waals surface area contributed by atoms with E-state index in [1.165, 1.54) is 0 Å². The minimum atomic E-state index is -4.26. The van der Waals surface area contributed by atoms with Gasteiger partial charge in [-0.1, -0.05) is 0 Å². The van der Waals surface area contributed by atoms with Crippen molar-refractivity contribution >= 4 is 5.82 Å². The molecular formula is C13H18F3N3O. The summed E-state index contributed by atoms with van der Waals surface area (Å²) in [7, 11) is 0. The van der Waals surface area contributed by atoms with Crippen LogP contribution in [0.3, 0.4) is 0 Å². The molecule has 0 saturated carbocycles. The van der Waals surface area contributed by atoms with E-state index in [0.717, 1.165) is 23.2 Å². The maximum atomic E-state index is 13.1. The Hall–Kier alpha value is -1.24. The first-order valence-corrected chi connectivity index (χ1v) is 6.95. The molecule has 0 radical (unpaired) electrons. The topological polar surface area (TPSA) is 39.1 Å². The smallest absolute Gasteiger partial charge is 0.381 e. The quantitative estimate of drug-likeness (QED) is 0.863. The van der Waals surface area contributed by atoms with Crippen LogP contribution in [-0.2, 0) is 4.74 Å². The van der Waals surface area contributed by atoms with Gasteiger partial charge in [0.2, 0.25) is 0 Å². The molecule has 2 aliphatic heterocycles. The van der Waals surface area contributed by atoms with E-state index in [2.05, 4.69) is 10.4 Å². The summed E-state index contributed by atoms with van der Waals surface area (Å²) >= 11 is 0. The van der Waals surface area contributed by atoms with Gasteiger partial charge in [-0.05, 0) is 26.2 Å². The predicted molar refractivity (Wildman–Crippen MR) is 67.8 cm³/mol. The standard InChI is InChI=1S/C13H18F3N3O/c1-8-6-11(13(14,15)16)19-12(17-8)7-10(18-19)9-2-4-20-5-3-9/h7-9,11,17H,2-6H2,1H3. The van der Waals surface area contributed by atoms with Crippen molar-refractivity contribution in [1.29, 1.82) is 0 Å². The maximum absolute atomic E-state index is 13.1. The van der Waals surface area contributed by atoms with Crippen LogP contribution in [0.15, 0.2) is 6.07 Å². The van der Waals surface area contributed by atoms with E-state index in [4.69, 9.17) is 4.74 Å². The molecule has 4 nitrogen and oxygen atoms in total. The zero-order valence-electron chi connectivity index (χ0n) is 11.3. The van der Waals surface area contributed by atoms with Crippen LogP contribution >= 0.6 is 0 Å². The van der Waals surface area contributed by atoms with Crippen LogP contribution in [-0.4, -0.2) is 35.2 Å². The molecule has 0 aliphatic carbocycles. The first-order valence-electron chi connectivity index (χ1n) is 6.95. The zero-order valence-corrected chi connectivity index (χ0v) is 11.3. The summed E-state index contributed by atoms with van der Waals surface area (Å²) in [6, 6.07) is 0.0420. The van der Waals surface area contributed by atoms with Gasteiger partial charge in [0.15, 0.2) is 6.04 Å². The average Bonchev–Trinajstić information content (AvgIpc) is 2.81. The van der Waals surface area contributed by atoms with E-state index in [1.54, 1.807) is 13.0 Å². The Balaban J connectivity index is 1.91. The Morgan fingerprint density at radius 2 is 2.05 bits per heavy atom. The summed E-state index contributed by atoms with van der Waals surface area (Å²) in [5.41, 5.74) is 0.749. The van der Waals surface area contributed by atoms with Gasteiger partial charge in [0.25, 0.3) is 0 Å². The summed E-state index contributed by atoms with van der Waals surface area (Å²) < 4.78 is 45.8. The number of fused-ring (bicyclic) bond motifs is 1. The highest BCUT2D eigenvalue weighted by Crippen LogP contribution is 2.40. The molecule has 1 fully saturated rings. The van der Waals surface area contributed by atoms with Crippen molar-refractivity contribution in [3.63, 3.8) is 0 Å². The number of aromatic nitrogens is 2. The largest absolute Gasteiger partial charge is 0.410 e. The Kier molecular flexibility index (Phi) is 3.40. The molecule has 0 bridgehead atoms. The van der Waals surface area contributed by atoms with Crippen LogP contribution in [0.25, 0.3) is 0 Å². The molecule has 2 aliphatic rings. The Morgan fingerprint density at radius 1 is 1.35 bits per heavy atom. The second kappa shape index (κ2) is 4.95. The molecule has 1 N–H and O–H groups in total. The molecule has 20 heavy (non-hydrogen) atoms. The van der Waals surface area contributed by atoms with Crippen molar-refractivity contribution in [3.05, 3.63) is 11.8 Å². The molecule has 112 valence electrons. The summed E-state index contributed by atoms with van der Waals surface area (Å²) in [6.07, 6.45) is -2.60. The molecule has 2 atom stereocenters. The number of hydrogen-bond acceptors (Lipinski definition) is 3. The SMILES string of the molecule is CC1CC(C(F)(F)F)n2nc(C3CCOCC3)cc2N1. The molecule has 0 aromatic carbocycles. The van der Waals surface area contributed by atoms with Crippen molar-refractivity contribution in [3.8, 4) is 0 Å². The van der Waals surface area contributed by atoms with E-state index in [1.807, 2.05) is 0 Å². The Labute approximate surface area is 115 Å². The van der Waals surface area contributed by atoms with Crippen molar-refractivity contribution < 1.29 is 17.9 Å². The molecular weight excluding hydrogens is 271 g/mol. The molecule has 7 heteroatoms. The number of nitrogens with one attached hydrogen (secondary N) is 1. The molecule has 0 amide bonds. The van der Waals surface area contributed by atoms with E-state index >= 15 is 0 Å². The second-order valence-corrected chi connectivity index (χ2v) is 5.62. The van der Waals surface area contributed by atoms with Crippen LogP contribution in [0.4, 0.5) is 19.0 Å². The van der Waals surface area contributed by atoms with Crippen LogP contribution < -0.4 is 5.32 Å². The van der Waals surface area contributed by atoms with Gasteiger partial charge in [-0.25, -0.2) is 4.68 Å². The first kappa shape index (κ1) is 13.7. The Morgan fingerprint density at radius 3 is 2.70 bits per heavy atom. The summed E-state index contributed by atoms with van der Waals surface area (Å²) in [4.78, 5) is 0. The number of anilines is 1. The number of nitrogens with zero attached hydrogens (tertiary/aromatic N) is 2. The molecule has 3 heterocycles. The van der Waals surface area contributed by atoms with Crippen molar-refractivity contribution in [2.24, 2.45) is 0 Å². The lowest BCUT2D eigenvalue weighted by atomic mass is 9.97. The summed E-state index contributed by atoms with van der Waals surface area (Å²) in [5, 5.41) is 7.33. The second-order valence-electron chi connectivity index (χ2n) is 5.62. The van der Waals surface area contributed by atoms with Gasteiger partial charge in [-0.15, -0.1) is 0 Å². The molecule has 1 aromatic heterocycles. The van der Waals surface area contributed by atoms with E-state index in [0.29, 0.717) is 19.0 Å².